The van der Waals surface area contributed by atoms with E-state index in [4.69, 9.17) is 5.11 Å². The Bertz CT molecular complexity index is 290. The third kappa shape index (κ3) is 3.36. The van der Waals surface area contributed by atoms with Crippen LogP contribution in [0, 0.1) is 13.8 Å². The quantitative estimate of drug-likeness (QED) is 0.839. The minimum atomic E-state index is -0.769. The lowest BCUT2D eigenvalue weighted by Crippen LogP contribution is -1.97. The molecule has 0 aliphatic rings. The van der Waals surface area contributed by atoms with Gasteiger partial charge in [0.05, 0.1) is 11.4 Å². The average molecular weight is 217 g/mol. The summed E-state index contributed by atoms with van der Waals surface area (Å²) in [6.45, 7) is 4.00. The zero-order chi connectivity index (χ0) is 9.84. The van der Waals surface area contributed by atoms with E-state index in [0.29, 0.717) is 5.75 Å². The lowest BCUT2D eigenvalue weighted by molar-refractivity contribution is -0.133. The molecule has 0 radical (unpaired) electrons. The fraction of sp³-hybridized carbons (Fsp3) is 0.500. The van der Waals surface area contributed by atoms with Gasteiger partial charge in [-0.3, -0.25) is 4.79 Å². The third-order valence-corrected chi connectivity index (χ3v) is 3.71. The summed E-state index contributed by atoms with van der Waals surface area (Å²) in [4.78, 5) is 15.7. The molecule has 0 amide bonds. The van der Waals surface area contributed by atoms with Crippen molar-refractivity contribution in [1.82, 2.24) is 4.98 Å². The Kier molecular flexibility index (Phi) is 3.74. The molecule has 1 aromatic heterocycles. The number of hydrogen-bond donors (Lipinski definition) is 1. The Morgan fingerprint density at radius 1 is 1.62 bits per heavy atom. The van der Waals surface area contributed by atoms with Crippen molar-refractivity contribution in [3.63, 3.8) is 0 Å². The van der Waals surface area contributed by atoms with Gasteiger partial charge in [0.2, 0.25) is 0 Å². The topological polar surface area (TPSA) is 50.2 Å². The number of nitrogens with zero attached hydrogens (tertiary/aromatic N) is 1. The summed E-state index contributed by atoms with van der Waals surface area (Å²) in [5, 5.41) is 9.43. The minimum absolute atomic E-state index is 0.150. The second kappa shape index (κ2) is 4.62. The molecule has 0 fully saturated rings. The number of hydrogen-bond acceptors (Lipinski definition) is 4. The molecule has 1 N–H and O–H groups in total. The van der Waals surface area contributed by atoms with Crippen LogP contribution in [0.1, 0.15) is 15.6 Å². The van der Waals surface area contributed by atoms with Gasteiger partial charge in [0.25, 0.3) is 0 Å². The number of carbonyl (C=O) groups is 1. The molecule has 1 rings (SSSR count). The molecule has 0 unspecified atom stereocenters. The molecule has 5 heteroatoms. The summed E-state index contributed by atoms with van der Waals surface area (Å²) in [7, 11) is 0. The normalized spacial score (nSPS) is 10.3. The Hall–Kier alpha value is -0.550. The molecule has 0 aliphatic heterocycles. The Balaban J connectivity index is 2.41. The van der Waals surface area contributed by atoms with Gasteiger partial charge in [-0.15, -0.1) is 23.1 Å². The molecule has 0 spiro atoms. The first-order chi connectivity index (χ1) is 6.09. The lowest BCUT2D eigenvalue weighted by atomic mass is 10.4. The molecule has 0 saturated heterocycles. The summed E-state index contributed by atoms with van der Waals surface area (Å²) in [6.07, 6.45) is 0. The smallest absolute Gasteiger partial charge is 0.313 e. The predicted octanol–water partition coefficient (Wildman–Crippen LogP) is 2.08. The zero-order valence-electron chi connectivity index (χ0n) is 7.53. The number of thioether (sulfide) groups is 1. The largest absolute Gasteiger partial charge is 0.481 e. The molecule has 0 atom stereocenters. The summed E-state index contributed by atoms with van der Waals surface area (Å²) in [5.41, 5.74) is 1.05. The highest BCUT2D eigenvalue weighted by atomic mass is 32.2. The summed E-state index contributed by atoms with van der Waals surface area (Å²) in [5.74, 6) is 0.0820. The molecule has 72 valence electrons. The highest BCUT2D eigenvalue weighted by molar-refractivity contribution is 7.99. The van der Waals surface area contributed by atoms with Crippen molar-refractivity contribution >= 4 is 29.1 Å². The molecule has 0 aliphatic carbocycles. The number of aliphatic carboxylic acids is 1. The monoisotopic (exact) mass is 217 g/mol. The van der Waals surface area contributed by atoms with E-state index in [-0.39, 0.29) is 5.75 Å². The molecular formula is C8H11NO2S2. The Morgan fingerprint density at radius 3 is 2.77 bits per heavy atom. The summed E-state index contributed by atoms with van der Waals surface area (Å²) < 4.78 is 0. The molecule has 1 heterocycles. The second-order valence-electron chi connectivity index (χ2n) is 2.64. The van der Waals surface area contributed by atoms with Gasteiger partial charge in [-0.2, -0.15) is 0 Å². The number of carboxylic acid groups (broad SMARTS) is 1. The third-order valence-electron chi connectivity index (χ3n) is 1.52. The summed E-state index contributed by atoms with van der Waals surface area (Å²) in [6, 6.07) is 0. The van der Waals surface area contributed by atoms with Crippen molar-refractivity contribution in [2.24, 2.45) is 0 Å². The van der Waals surface area contributed by atoms with E-state index in [1.807, 2.05) is 13.8 Å². The van der Waals surface area contributed by atoms with E-state index >= 15 is 0 Å². The van der Waals surface area contributed by atoms with Crippen LogP contribution < -0.4 is 0 Å². The van der Waals surface area contributed by atoms with E-state index in [2.05, 4.69) is 4.98 Å². The van der Waals surface area contributed by atoms with Crippen LogP contribution in [0.2, 0.25) is 0 Å². The van der Waals surface area contributed by atoms with Crippen LogP contribution in [0.25, 0.3) is 0 Å². The SMILES string of the molecule is Cc1nc(CSCC(=O)O)sc1C. The summed E-state index contributed by atoms with van der Waals surface area (Å²) >= 11 is 3.03. The standard InChI is InChI=1S/C8H11NO2S2/c1-5-6(2)13-7(9-5)3-12-4-8(10)11/h3-4H2,1-2H3,(H,10,11). The highest BCUT2D eigenvalue weighted by Crippen LogP contribution is 2.20. The fourth-order valence-corrected chi connectivity index (χ4v) is 2.56. The van der Waals surface area contributed by atoms with Crippen LogP contribution in [0.5, 0.6) is 0 Å². The van der Waals surface area contributed by atoms with Gasteiger partial charge in [0, 0.05) is 10.6 Å². The molecule has 0 bridgehead atoms. The first-order valence-corrected chi connectivity index (χ1v) is 5.79. The highest BCUT2D eigenvalue weighted by Gasteiger charge is 2.04. The van der Waals surface area contributed by atoms with Crippen molar-refractivity contribution in [3.05, 3.63) is 15.6 Å². The van der Waals surface area contributed by atoms with Crippen LogP contribution in [-0.2, 0) is 10.5 Å². The van der Waals surface area contributed by atoms with Crippen molar-refractivity contribution in [2.45, 2.75) is 19.6 Å². The maximum absolute atomic E-state index is 10.2. The molecule has 1 aromatic rings. The van der Waals surface area contributed by atoms with Gasteiger partial charge < -0.3 is 5.11 Å². The Morgan fingerprint density at radius 2 is 2.31 bits per heavy atom. The molecule has 0 saturated carbocycles. The Labute approximate surface area is 85.2 Å². The zero-order valence-corrected chi connectivity index (χ0v) is 9.17. The van der Waals surface area contributed by atoms with Crippen LogP contribution in [-0.4, -0.2) is 21.8 Å². The number of aromatic nitrogens is 1. The molecule has 0 aromatic carbocycles. The number of thiazole rings is 1. The van der Waals surface area contributed by atoms with Crippen LogP contribution in [0.15, 0.2) is 0 Å². The maximum Gasteiger partial charge on any atom is 0.313 e. The van der Waals surface area contributed by atoms with Gasteiger partial charge in [0.1, 0.15) is 5.01 Å². The van der Waals surface area contributed by atoms with E-state index in [1.54, 1.807) is 11.3 Å². The van der Waals surface area contributed by atoms with Crippen molar-refractivity contribution in [1.29, 1.82) is 0 Å². The van der Waals surface area contributed by atoms with Crippen molar-refractivity contribution in [2.75, 3.05) is 5.75 Å². The van der Waals surface area contributed by atoms with Gasteiger partial charge >= 0.3 is 5.97 Å². The van der Waals surface area contributed by atoms with Crippen molar-refractivity contribution in [3.8, 4) is 0 Å². The fourth-order valence-electron chi connectivity index (χ4n) is 0.827. The lowest BCUT2D eigenvalue weighted by Gasteiger charge is -1.92. The first kappa shape index (κ1) is 10.5. The van der Waals surface area contributed by atoms with Crippen molar-refractivity contribution < 1.29 is 9.90 Å². The van der Waals surface area contributed by atoms with E-state index in [0.717, 1.165) is 10.7 Å². The molecular weight excluding hydrogens is 206 g/mol. The minimum Gasteiger partial charge on any atom is -0.481 e. The molecule has 3 nitrogen and oxygen atoms in total. The van der Waals surface area contributed by atoms with Gasteiger partial charge in [0.15, 0.2) is 0 Å². The molecule has 13 heavy (non-hydrogen) atoms. The van der Waals surface area contributed by atoms with E-state index < -0.39 is 5.97 Å². The van der Waals surface area contributed by atoms with Gasteiger partial charge in [-0.05, 0) is 13.8 Å². The van der Waals surface area contributed by atoms with Crippen LogP contribution in [0.3, 0.4) is 0 Å². The number of rotatable bonds is 4. The number of carboxylic acids is 1. The van der Waals surface area contributed by atoms with Gasteiger partial charge in [-0.1, -0.05) is 0 Å². The predicted molar refractivity (Wildman–Crippen MR) is 55.4 cm³/mol. The number of aryl methyl sites for hydroxylation is 2. The average Bonchev–Trinajstić information content (AvgIpc) is 2.30. The van der Waals surface area contributed by atoms with E-state index in [1.165, 1.54) is 16.6 Å². The maximum atomic E-state index is 10.2. The first-order valence-electron chi connectivity index (χ1n) is 3.82. The van der Waals surface area contributed by atoms with E-state index in [9.17, 15) is 4.79 Å². The van der Waals surface area contributed by atoms with Gasteiger partial charge in [-0.25, -0.2) is 4.98 Å². The van der Waals surface area contributed by atoms with Crippen LogP contribution in [0.4, 0.5) is 0 Å². The van der Waals surface area contributed by atoms with Crippen LogP contribution >= 0.6 is 23.1 Å². The second-order valence-corrected chi connectivity index (χ2v) is 4.91.